The van der Waals surface area contributed by atoms with Crippen LogP contribution in [0.5, 0.6) is 5.75 Å². The summed E-state index contributed by atoms with van der Waals surface area (Å²) in [6, 6.07) is 4.21. The average Bonchev–Trinajstić information content (AvgIpc) is 3.02. The number of nitro benzene ring substituents is 1. The quantitative estimate of drug-likeness (QED) is 0.286. The van der Waals surface area contributed by atoms with Crippen LogP contribution in [0.2, 0.25) is 5.15 Å². The number of thiophene rings is 1. The van der Waals surface area contributed by atoms with Crippen LogP contribution in [-0.2, 0) is 9.53 Å². The number of ether oxygens (including phenoxy) is 1. The molecule has 3 aromatic rings. The van der Waals surface area contributed by atoms with Gasteiger partial charge in [-0.1, -0.05) is 11.6 Å². The molecule has 3 rings (SSSR count). The average molecular weight is 410 g/mol. The Morgan fingerprint density at radius 2 is 2.19 bits per heavy atom. The van der Waals surface area contributed by atoms with Gasteiger partial charge in [-0.05, 0) is 13.0 Å². The number of nitrogens with zero attached hydrogens (tertiary/aromatic N) is 2. The fourth-order valence-electron chi connectivity index (χ4n) is 2.49. The number of aromatic nitrogens is 1. The van der Waals surface area contributed by atoms with Crippen LogP contribution in [0.1, 0.15) is 17.4 Å². The molecule has 2 aromatic heterocycles. The number of hydrogen-bond donors (Lipinski definition) is 2. The predicted octanol–water partition coefficient (Wildman–Crippen LogP) is 3.01. The van der Waals surface area contributed by atoms with Crippen molar-refractivity contribution in [3.05, 3.63) is 39.2 Å². The predicted molar refractivity (Wildman–Crippen MR) is 99.4 cm³/mol. The SMILES string of the molecule is CCOC(=O)CNC(=O)c1nc(Cl)c2c(sc3ccc([N+](=O)[O-])cc32)c1O. The van der Waals surface area contributed by atoms with Crippen molar-refractivity contribution in [2.75, 3.05) is 13.2 Å². The fourth-order valence-corrected chi connectivity index (χ4v) is 3.96. The molecular weight excluding hydrogens is 398 g/mol. The Morgan fingerprint density at radius 3 is 2.85 bits per heavy atom. The number of nitro groups is 1. The van der Waals surface area contributed by atoms with Gasteiger partial charge in [0.05, 0.1) is 16.2 Å². The van der Waals surface area contributed by atoms with Crippen LogP contribution in [0.15, 0.2) is 18.2 Å². The van der Waals surface area contributed by atoms with Crippen LogP contribution >= 0.6 is 22.9 Å². The van der Waals surface area contributed by atoms with Crippen LogP contribution in [0.3, 0.4) is 0 Å². The van der Waals surface area contributed by atoms with E-state index in [2.05, 4.69) is 10.3 Å². The van der Waals surface area contributed by atoms with Gasteiger partial charge in [-0.3, -0.25) is 19.7 Å². The maximum Gasteiger partial charge on any atom is 0.325 e. The fraction of sp³-hybridized carbons (Fsp3) is 0.188. The molecule has 0 radical (unpaired) electrons. The summed E-state index contributed by atoms with van der Waals surface area (Å²) in [6.45, 7) is 1.42. The van der Waals surface area contributed by atoms with E-state index in [9.17, 15) is 24.8 Å². The standard InChI is InChI=1S/C16H12ClN3O6S/c1-2-26-10(21)6-18-16(23)12-13(22)14-11(15(17)19-12)8-5-7(20(24)25)3-4-9(8)27-14/h3-5,22H,2,6H2,1H3,(H,18,23). The number of carbonyl (C=O) groups is 2. The van der Waals surface area contributed by atoms with Gasteiger partial charge in [0.1, 0.15) is 11.7 Å². The molecule has 0 bridgehead atoms. The number of aromatic hydroxyl groups is 1. The molecule has 0 aliphatic heterocycles. The first-order valence-corrected chi connectivity index (χ1v) is 8.85. The number of esters is 1. The van der Waals surface area contributed by atoms with Crippen molar-refractivity contribution in [3.63, 3.8) is 0 Å². The zero-order valence-electron chi connectivity index (χ0n) is 13.8. The summed E-state index contributed by atoms with van der Waals surface area (Å²) in [4.78, 5) is 38.0. The molecule has 9 nitrogen and oxygen atoms in total. The lowest BCUT2D eigenvalue weighted by Crippen LogP contribution is -2.31. The number of halogens is 1. The highest BCUT2D eigenvalue weighted by molar-refractivity contribution is 7.26. The van der Waals surface area contributed by atoms with E-state index in [4.69, 9.17) is 16.3 Å². The minimum Gasteiger partial charge on any atom is -0.504 e. The number of nitrogens with one attached hydrogen (secondary N) is 1. The second-order valence-corrected chi connectivity index (χ2v) is 6.74. The van der Waals surface area contributed by atoms with Crippen molar-refractivity contribution in [1.82, 2.24) is 10.3 Å². The molecular formula is C16H12ClN3O6S. The minimum absolute atomic E-state index is 0.0872. The number of hydrogen-bond acceptors (Lipinski definition) is 8. The van der Waals surface area contributed by atoms with Crippen LogP contribution in [0, 0.1) is 10.1 Å². The number of fused-ring (bicyclic) bond motifs is 3. The summed E-state index contributed by atoms with van der Waals surface area (Å²) >= 11 is 7.30. The molecule has 11 heteroatoms. The van der Waals surface area contributed by atoms with E-state index in [1.807, 2.05) is 0 Å². The van der Waals surface area contributed by atoms with Crippen molar-refractivity contribution in [2.45, 2.75) is 6.92 Å². The molecule has 0 fully saturated rings. The van der Waals surface area contributed by atoms with E-state index < -0.39 is 22.5 Å². The summed E-state index contributed by atoms with van der Waals surface area (Å²) in [7, 11) is 0. The first-order valence-electron chi connectivity index (χ1n) is 7.66. The molecule has 1 amide bonds. The Morgan fingerprint density at radius 1 is 1.44 bits per heavy atom. The number of non-ortho nitro benzene ring substituents is 1. The molecule has 2 heterocycles. The first-order chi connectivity index (χ1) is 12.8. The summed E-state index contributed by atoms with van der Waals surface area (Å²) in [5.41, 5.74) is -0.480. The molecule has 140 valence electrons. The van der Waals surface area contributed by atoms with Gasteiger partial charge in [0, 0.05) is 27.6 Å². The summed E-state index contributed by atoms with van der Waals surface area (Å²) in [5.74, 6) is -1.85. The molecule has 0 saturated carbocycles. The van der Waals surface area contributed by atoms with Gasteiger partial charge >= 0.3 is 5.97 Å². The lowest BCUT2D eigenvalue weighted by Gasteiger charge is -2.07. The van der Waals surface area contributed by atoms with Crippen LogP contribution in [0.25, 0.3) is 20.2 Å². The zero-order chi connectivity index (χ0) is 19.7. The molecule has 0 unspecified atom stereocenters. The molecule has 2 N–H and O–H groups in total. The lowest BCUT2D eigenvalue weighted by atomic mass is 10.1. The zero-order valence-corrected chi connectivity index (χ0v) is 15.4. The van der Waals surface area contributed by atoms with Crippen molar-refractivity contribution >= 4 is 60.7 Å². The third kappa shape index (κ3) is 3.49. The van der Waals surface area contributed by atoms with Gasteiger partial charge in [-0.2, -0.15) is 0 Å². The molecule has 0 saturated heterocycles. The molecule has 0 atom stereocenters. The van der Waals surface area contributed by atoms with Gasteiger partial charge in [0.25, 0.3) is 11.6 Å². The topological polar surface area (TPSA) is 132 Å². The maximum absolute atomic E-state index is 12.2. The second kappa shape index (κ2) is 7.33. The second-order valence-electron chi connectivity index (χ2n) is 5.33. The Kier molecular flexibility index (Phi) is 5.10. The molecule has 1 aromatic carbocycles. The van der Waals surface area contributed by atoms with Crippen molar-refractivity contribution in [1.29, 1.82) is 0 Å². The highest BCUT2D eigenvalue weighted by Crippen LogP contribution is 2.43. The van der Waals surface area contributed by atoms with Crippen LogP contribution < -0.4 is 5.32 Å². The van der Waals surface area contributed by atoms with Gasteiger partial charge in [-0.25, -0.2) is 4.98 Å². The van der Waals surface area contributed by atoms with Crippen molar-refractivity contribution in [3.8, 4) is 5.75 Å². The van der Waals surface area contributed by atoms with E-state index >= 15 is 0 Å². The van der Waals surface area contributed by atoms with Gasteiger partial charge in [0.2, 0.25) is 0 Å². The van der Waals surface area contributed by atoms with E-state index in [0.717, 1.165) is 11.3 Å². The van der Waals surface area contributed by atoms with Crippen molar-refractivity contribution in [2.24, 2.45) is 0 Å². The van der Waals surface area contributed by atoms with Gasteiger partial charge < -0.3 is 15.2 Å². The van der Waals surface area contributed by atoms with Gasteiger partial charge in [-0.15, -0.1) is 11.3 Å². The third-order valence-electron chi connectivity index (χ3n) is 3.65. The molecule has 0 aliphatic carbocycles. The number of amides is 1. The molecule has 27 heavy (non-hydrogen) atoms. The number of pyridine rings is 1. The van der Waals surface area contributed by atoms with E-state index in [1.54, 1.807) is 6.92 Å². The van der Waals surface area contributed by atoms with Crippen LogP contribution in [-0.4, -0.2) is 40.0 Å². The summed E-state index contributed by atoms with van der Waals surface area (Å²) in [5, 5.41) is 24.4. The summed E-state index contributed by atoms with van der Waals surface area (Å²) < 4.78 is 5.61. The Balaban J connectivity index is 2.06. The smallest absolute Gasteiger partial charge is 0.325 e. The lowest BCUT2D eigenvalue weighted by molar-refractivity contribution is -0.384. The molecule has 0 aliphatic rings. The van der Waals surface area contributed by atoms with E-state index in [0.29, 0.717) is 15.5 Å². The minimum atomic E-state index is -0.798. The summed E-state index contributed by atoms with van der Waals surface area (Å²) in [6.07, 6.45) is 0. The number of benzene rings is 1. The van der Waals surface area contributed by atoms with E-state index in [1.165, 1.54) is 18.2 Å². The normalized spacial score (nSPS) is 10.9. The molecule has 0 spiro atoms. The number of carbonyl (C=O) groups excluding carboxylic acids is 2. The Labute approximate surface area is 160 Å². The Bertz CT molecular complexity index is 1100. The third-order valence-corrected chi connectivity index (χ3v) is 5.10. The monoisotopic (exact) mass is 409 g/mol. The Hall–Kier alpha value is -2.98. The maximum atomic E-state index is 12.2. The number of rotatable bonds is 5. The largest absolute Gasteiger partial charge is 0.504 e. The highest BCUT2D eigenvalue weighted by Gasteiger charge is 2.23. The first kappa shape index (κ1) is 18.8. The van der Waals surface area contributed by atoms with Gasteiger partial charge in [0.15, 0.2) is 11.4 Å². The highest BCUT2D eigenvalue weighted by atomic mass is 35.5. The van der Waals surface area contributed by atoms with E-state index in [-0.39, 0.29) is 34.4 Å². The van der Waals surface area contributed by atoms with Crippen molar-refractivity contribution < 1.29 is 24.4 Å². The van der Waals surface area contributed by atoms with Crippen LogP contribution in [0.4, 0.5) is 5.69 Å².